The molecule has 1 rings (SSSR count). The third kappa shape index (κ3) is 4.09. The molecule has 4 heteroatoms. The van der Waals surface area contributed by atoms with Crippen LogP contribution in [0.1, 0.15) is 27.2 Å². The summed E-state index contributed by atoms with van der Waals surface area (Å²) in [7, 11) is -1.07. The summed E-state index contributed by atoms with van der Waals surface area (Å²) in [5, 5.41) is 3.99. The van der Waals surface area contributed by atoms with Crippen LogP contribution in [0.4, 0.5) is 0 Å². The van der Waals surface area contributed by atoms with Crippen molar-refractivity contribution in [3.8, 4) is 0 Å². The Morgan fingerprint density at radius 3 is 2.59 bits per heavy atom. The van der Waals surface area contributed by atoms with E-state index >= 15 is 0 Å². The Hall–Kier alpha value is -0.380. The Labute approximate surface area is 111 Å². The van der Waals surface area contributed by atoms with E-state index in [9.17, 15) is 4.21 Å². The first-order valence-corrected chi connectivity index (χ1v) is 7.55. The molecule has 1 aromatic carbocycles. The van der Waals surface area contributed by atoms with Crippen molar-refractivity contribution in [3.63, 3.8) is 0 Å². The number of hydrogen-bond donors (Lipinski definition) is 1. The van der Waals surface area contributed by atoms with Crippen LogP contribution in [-0.2, 0) is 10.8 Å². The van der Waals surface area contributed by atoms with Crippen molar-refractivity contribution in [1.29, 1.82) is 0 Å². The second-order valence-corrected chi connectivity index (χ2v) is 6.36. The Kier molecular flexibility index (Phi) is 6.17. The first-order valence-electron chi connectivity index (χ1n) is 5.96. The SMILES string of the molecule is CCCNC(C)C(C)S(=O)c1ccccc1Cl. The van der Waals surface area contributed by atoms with Crippen LogP contribution in [0, 0.1) is 0 Å². The molecule has 0 heterocycles. The van der Waals surface area contributed by atoms with Crippen LogP contribution in [0.2, 0.25) is 5.02 Å². The molecule has 1 N–H and O–H groups in total. The van der Waals surface area contributed by atoms with Gasteiger partial charge in [0.25, 0.3) is 0 Å². The van der Waals surface area contributed by atoms with Gasteiger partial charge in [0.05, 0.1) is 26.0 Å². The predicted octanol–water partition coefficient (Wildman–Crippen LogP) is 3.22. The van der Waals surface area contributed by atoms with Gasteiger partial charge in [0.15, 0.2) is 0 Å². The Morgan fingerprint density at radius 2 is 2.00 bits per heavy atom. The molecular weight excluding hydrogens is 254 g/mol. The molecule has 0 aliphatic carbocycles. The zero-order valence-corrected chi connectivity index (χ0v) is 12.1. The predicted molar refractivity (Wildman–Crippen MR) is 75.1 cm³/mol. The zero-order valence-electron chi connectivity index (χ0n) is 10.6. The summed E-state index contributed by atoms with van der Waals surface area (Å²) in [5.41, 5.74) is 0. The highest BCUT2D eigenvalue weighted by molar-refractivity contribution is 7.85. The van der Waals surface area contributed by atoms with E-state index in [0.717, 1.165) is 17.9 Å². The van der Waals surface area contributed by atoms with Crippen molar-refractivity contribution >= 4 is 22.4 Å². The third-order valence-electron chi connectivity index (χ3n) is 2.81. The maximum Gasteiger partial charge on any atom is 0.0588 e. The third-order valence-corrected chi connectivity index (χ3v) is 5.13. The fourth-order valence-corrected chi connectivity index (χ4v) is 3.24. The molecule has 96 valence electrons. The molecule has 0 amide bonds. The van der Waals surface area contributed by atoms with Crippen LogP contribution in [-0.4, -0.2) is 22.0 Å². The highest BCUT2D eigenvalue weighted by atomic mass is 35.5. The lowest BCUT2D eigenvalue weighted by Crippen LogP contribution is -2.38. The van der Waals surface area contributed by atoms with E-state index in [1.807, 2.05) is 25.1 Å². The molecule has 0 saturated heterocycles. The number of halogens is 1. The summed E-state index contributed by atoms with van der Waals surface area (Å²) < 4.78 is 12.4. The van der Waals surface area contributed by atoms with Gasteiger partial charge in [0.2, 0.25) is 0 Å². The van der Waals surface area contributed by atoms with Crippen LogP contribution in [0.3, 0.4) is 0 Å². The molecule has 3 atom stereocenters. The van der Waals surface area contributed by atoms with Gasteiger partial charge in [-0.05, 0) is 38.9 Å². The molecule has 0 fully saturated rings. The molecule has 0 aliphatic heterocycles. The number of benzene rings is 1. The lowest BCUT2D eigenvalue weighted by Gasteiger charge is -2.21. The minimum absolute atomic E-state index is 0.0430. The first kappa shape index (κ1) is 14.7. The minimum atomic E-state index is -1.07. The largest absolute Gasteiger partial charge is 0.313 e. The van der Waals surface area contributed by atoms with E-state index in [4.69, 9.17) is 11.6 Å². The van der Waals surface area contributed by atoms with Crippen LogP contribution in [0.5, 0.6) is 0 Å². The van der Waals surface area contributed by atoms with Crippen LogP contribution in [0.25, 0.3) is 0 Å². The Balaban J connectivity index is 2.73. The molecule has 0 spiro atoms. The molecular formula is C13H20ClNOS. The highest BCUT2D eigenvalue weighted by Gasteiger charge is 2.21. The summed E-state index contributed by atoms with van der Waals surface area (Å²) in [6, 6.07) is 7.56. The van der Waals surface area contributed by atoms with E-state index in [2.05, 4.69) is 19.2 Å². The molecule has 1 aromatic rings. The number of rotatable bonds is 6. The molecule has 0 saturated carbocycles. The van der Waals surface area contributed by atoms with E-state index in [-0.39, 0.29) is 11.3 Å². The molecule has 0 bridgehead atoms. The molecule has 0 aliphatic rings. The molecule has 3 unspecified atom stereocenters. The first-order chi connectivity index (χ1) is 8.07. The summed E-state index contributed by atoms with van der Waals surface area (Å²) in [5.74, 6) is 0. The smallest absolute Gasteiger partial charge is 0.0588 e. The molecule has 0 radical (unpaired) electrons. The normalized spacial score (nSPS) is 16.5. The average molecular weight is 274 g/mol. The van der Waals surface area contributed by atoms with E-state index in [1.54, 1.807) is 6.07 Å². The lowest BCUT2D eigenvalue weighted by atomic mass is 10.2. The van der Waals surface area contributed by atoms with E-state index in [0.29, 0.717) is 5.02 Å². The number of nitrogens with one attached hydrogen (secondary N) is 1. The van der Waals surface area contributed by atoms with E-state index < -0.39 is 10.8 Å². The van der Waals surface area contributed by atoms with Gasteiger partial charge < -0.3 is 5.32 Å². The van der Waals surface area contributed by atoms with Crippen molar-refractivity contribution in [2.24, 2.45) is 0 Å². The second-order valence-electron chi connectivity index (χ2n) is 4.18. The van der Waals surface area contributed by atoms with Crippen LogP contribution in [0.15, 0.2) is 29.2 Å². The van der Waals surface area contributed by atoms with Crippen molar-refractivity contribution < 1.29 is 4.21 Å². The summed E-state index contributed by atoms with van der Waals surface area (Å²) >= 11 is 6.06. The summed E-state index contributed by atoms with van der Waals surface area (Å²) in [6.45, 7) is 7.13. The Bertz CT molecular complexity index is 383. The van der Waals surface area contributed by atoms with Crippen molar-refractivity contribution in [1.82, 2.24) is 5.32 Å². The summed E-state index contributed by atoms with van der Waals surface area (Å²) in [4.78, 5) is 0.729. The van der Waals surface area contributed by atoms with Crippen molar-refractivity contribution in [2.75, 3.05) is 6.54 Å². The monoisotopic (exact) mass is 273 g/mol. The highest BCUT2D eigenvalue weighted by Crippen LogP contribution is 2.22. The summed E-state index contributed by atoms with van der Waals surface area (Å²) in [6.07, 6.45) is 1.08. The second kappa shape index (κ2) is 7.14. The Morgan fingerprint density at radius 1 is 1.35 bits per heavy atom. The molecule has 2 nitrogen and oxygen atoms in total. The van der Waals surface area contributed by atoms with Crippen molar-refractivity contribution in [3.05, 3.63) is 29.3 Å². The van der Waals surface area contributed by atoms with Crippen LogP contribution >= 0.6 is 11.6 Å². The van der Waals surface area contributed by atoms with Gasteiger partial charge in [0, 0.05) is 6.04 Å². The van der Waals surface area contributed by atoms with Gasteiger partial charge in [0.1, 0.15) is 0 Å². The lowest BCUT2D eigenvalue weighted by molar-refractivity contribution is 0.531. The number of hydrogen-bond acceptors (Lipinski definition) is 2. The molecule has 17 heavy (non-hydrogen) atoms. The van der Waals surface area contributed by atoms with Gasteiger partial charge in [-0.3, -0.25) is 4.21 Å². The fraction of sp³-hybridized carbons (Fsp3) is 0.538. The molecule has 0 aromatic heterocycles. The average Bonchev–Trinajstić information content (AvgIpc) is 2.34. The van der Waals surface area contributed by atoms with E-state index in [1.165, 1.54) is 0 Å². The maximum atomic E-state index is 12.4. The van der Waals surface area contributed by atoms with Gasteiger partial charge in [-0.25, -0.2) is 0 Å². The minimum Gasteiger partial charge on any atom is -0.313 e. The van der Waals surface area contributed by atoms with Gasteiger partial charge in [-0.15, -0.1) is 0 Å². The van der Waals surface area contributed by atoms with Gasteiger partial charge in [-0.1, -0.05) is 30.7 Å². The topological polar surface area (TPSA) is 29.1 Å². The quantitative estimate of drug-likeness (QED) is 0.862. The fourth-order valence-electron chi connectivity index (χ4n) is 1.53. The maximum absolute atomic E-state index is 12.4. The van der Waals surface area contributed by atoms with Gasteiger partial charge >= 0.3 is 0 Å². The standard InChI is InChI=1S/C13H20ClNOS/c1-4-9-15-10(2)11(3)17(16)13-8-6-5-7-12(13)14/h5-8,10-11,15H,4,9H2,1-3H3. The van der Waals surface area contributed by atoms with Crippen LogP contribution < -0.4 is 5.32 Å². The zero-order chi connectivity index (χ0) is 12.8. The van der Waals surface area contributed by atoms with Gasteiger partial charge in [-0.2, -0.15) is 0 Å². The van der Waals surface area contributed by atoms with Crippen molar-refractivity contribution in [2.45, 2.75) is 43.4 Å².